The molecular weight excluding hydrogens is 432 g/mol. The molecule has 0 atom stereocenters. The molecule has 4 rings (SSSR count). The second-order valence-electron chi connectivity index (χ2n) is 7.31. The van der Waals surface area contributed by atoms with Crippen molar-refractivity contribution < 1.29 is 18.7 Å². The lowest BCUT2D eigenvalue weighted by atomic mass is 10.1. The number of nitrogens with one attached hydrogen (secondary N) is 1. The van der Waals surface area contributed by atoms with Gasteiger partial charge in [-0.05, 0) is 34.6 Å². The number of ether oxygens (including phenoxy) is 2. The number of hydrogen-bond acceptors (Lipinski definition) is 10. The van der Waals surface area contributed by atoms with E-state index in [0.29, 0.717) is 25.2 Å². The third kappa shape index (κ3) is 4.58. The molecule has 0 saturated carbocycles. The number of nitrogens with zero attached hydrogens (tertiary/aromatic N) is 3. The van der Waals surface area contributed by atoms with Crippen LogP contribution >= 0.6 is 0 Å². The molecule has 2 aromatic carbocycles. The maximum Gasteiger partial charge on any atom is 0.234 e. The number of rotatable bonds is 8. The first kappa shape index (κ1) is 22.1. The molecule has 2 heterocycles. The van der Waals surface area contributed by atoms with Crippen LogP contribution in [0.4, 0.5) is 11.4 Å². The zero-order chi connectivity index (χ0) is 23.4. The summed E-state index contributed by atoms with van der Waals surface area (Å²) in [6.07, 6.45) is 0. The quantitative estimate of drug-likeness (QED) is 0.514. The van der Waals surface area contributed by atoms with Crippen LogP contribution in [0.3, 0.4) is 0 Å². The highest BCUT2D eigenvalue weighted by Gasteiger charge is 2.22. The van der Waals surface area contributed by atoms with E-state index in [1.165, 1.54) is 31.4 Å². The van der Waals surface area contributed by atoms with Crippen molar-refractivity contribution in [2.45, 2.75) is 0 Å². The van der Waals surface area contributed by atoms with Crippen molar-refractivity contribution >= 4 is 28.3 Å². The van der Waals surface area contributed by atoms with E-state index >= 15 is 0 Å². The lowest BCUT2D eigenvalue weighted by molar-refractivity contribution is -0.124. The van der Waals surface area contributed by atoms with Gasteiger partial charge in [-0.3, -0.25) is 14.5 Å². The molecule has 33 heavy (non-hydrogen) atoms. The third-order valence-electron chi connectivity index (χ3n) is 5.25. The van der Waals surface area contributed by atoms with Gasteiger partial charge in [0.15, 0.2) is 22.6 Å². The van der Waals surface area contributed by atoms with Crippen LogP contribution in [0.5, 0.6) is 11.5 Å². The maximum absolute atomic E-state index is 12.8. The molecular formula is C22H20N4O7. The molecule has 0 unspecified atom stereocenters. The van der Waals surface area contributed by atoms with Crippen LogP contribution < -0.4 is 20.2 Å². The summed E-state index contributed by atoms with van der Waals surface area (Å²) in [5, 5.41) is 8.57. The molecule has 0 radical (unpaired) electrons. The summed E-state index contributed by atoms with van der Waals surface area (Å²) >= 11 is 0. The molecule has 1 aromatic heterocycles. The summed E-state index contributed by atoms with van der Waals surface area (Å²) in [5.74, 6) is 0.387. The summed E-state index contributed by atoms with van der Waals surface area (Å²) < 4.78 is 17.0. The average Bonchev–Trinajstić information content (AvgIpc) is 2.83. The van der Waals surface area contributed by atoms with E-state index in [-0.39, 0.29) is 58.7 Å². The van der Waals surface area contributed by atoms with Crippen molar-refractivity contribution in [1.29, 1.82) is 0 Å². The summed E-state index contributed by atoms with van der Waals surface area (Å²) in [6, 6.07) is 8.88. The van der Waals surface area contributed by atoms with E-state index in [0.717, 1.165) is 0 Å². The van der Waals surface area contributed by atoms with Gasteiger partial charge in [-0.2, -0.15) is 0 Å². The molecule has 1 saturated heterocycles. The predicted octanol–water partition coefficient (Wildman–Crippen LogP) is 3.08. The molecule has 1 aliphatic heterocycles. The first-order valence-electron chi connectivity index (χ1n) is 10.1. The Balaban J connectivity index is 1.69. The van der Waals surface area contributed by atoms with E-state index in [9.17, 15) is 19.4 Å². The molecule has 1 aliphatic rings. The molecule has 1 N–H and O–H groups in total. The third-order valence-corrected chi connectivity index (χ3v) is 5.25. The Hall–Kier alpha value is -4.12. The number of methoxy groups -OCH3 is 1. The Kier molecular flexibility index (Phi) is 6.41. The Labute approximate surface area is 187 Å². The van der Waals surface area contributed by atoms with Crippen LogP contribution in [0.2, 0.25) is 0 Å². The van der Waals surface area contributed by atoms with Gasteiger partial charge >= 0.3 is 0 Å². The van der Waals surface area contributed by atoms with Gasteiger partial charge < -0.3 is 19.2 Å². The van der Waals surface area contributed by atoms with Crippen LogP contribution in [0.15, 0.2) is 56.0 Å². The molecule has 1 fully saturated rings. The van der Waals surface area contributed by atoms with E-state index < -0.39 is 5.43 Å². The second-order valence-corrected chi connectivity index (χ2v) is 7.31. The van der Waals surface area contributed by atoms with Gasteiger partial charge in [0.2, 0.25) is 5.91 Å². The normalized spacial score (nSPS) is 14.0. The predicted molar refractivity (Wildman–Crippen MR) is 120 cm³/mol. The first-order chi connectivity index (χ1) is 16.0. The fraction of sp³-hybridized carbons (Fsp3) is 0.273. The lowest BCUT2D eigenvalue weighted by Crippen LogP contribution is -2.48. The number of nitroso groups, excluding NO2 is 2. The molecule has 0 aliphatic carbocycles. The van der Waals surface area contributed by atoms with Gasteiger partial charge in [-0.25, -0.2) is 0 Å². The number of carbonyl (C=O) groups is 1. The highest BCUT2D eigenvalue weighted by molar-refractivity contribution is 5.95. The highest BCUT2D eigenvalue weighted by atomic mass is 16.5. The zero-order valence-corrected chi connectivity index (χ0v) is 17.7. The number of amides is 1. The Morgan fingerprint density at radius 1 is 1.12 bits per heavy atom. The van der Waals surface area contributed by atoms with Gasteiger partial charge in [0.05, 0.1) is 19.0 Å². The Bertz CT molecular complexity index is 1270. The maximum atomic E-state index is 12.8. The molecule has 3 aromatic rings. The van der Waals surface area contributed by atoms with Crippen molar-refractivity contribution in [3.63, 3.8) is 0 Å². The molecule has 0 bridgehead atoms. The van der Waals surface area contributed by atoms with Gasteiger partial charge in [0.1, 0.15) is 23.6 Å². The number of fused-ring (bicyclic) bond motifs is 1. The minimum absolute atomic E-state index is 0.0235. The van der Waals surface area contributed by atoms with Crippen LogP contribution in [0, 0.1) is 9.81 Å². The smallest absolute Gasteiger partial charge is 0.234 e. The van der Waals surface area contributed by atoms with Gasteiger partial charge in [-0.1, -0.05) is 0 Å². The average molecular weight is 452 g/mol. The molecule has 11 heteroatoms. The minimum atomic E-state index is -0.484. The SMILES string of the molecule is COc1c(OCCN2CCNC(=O)C2)cc2oc(-c3ccc(N=O)cc3)cc(=O)c2c1N=O. The first-order valence-corrected chi connectivity index (χ1v) is 10.1. The standard InChI is InChI=1S/C22H20N4O7/c1-31-22-18(32-9-8-26-7-6-23-19(28)12-26)11-17-20(21(22)25-30)15(27)10-16(33-17)13-2-4-14(24-29)5-3-13/h2-5,10-11H,6-9,12H2,1H3,(H,23,28). The molecule has 170 valence electrons. The zero-order valence-electron chi connectivity index (χ0n) is 17.7. The highest BCUT2D eigenvalue weighted by Crippen LogP contribution is 2.43. The van der Waals surface area contributed by atoms with Crippen molar-refractivity contribution in [3.8, 4) is 22.8 Å². The summed E-state index contributed by atoms with van der Waals surface area (Å²) in [7, 11) is 1.34. The topological polar surface area (TPSA) is 140 Å². The number of piperazine rings is 1. The van der Waals surface area contributed by atoms with Crippen LogP contribution in [-0.4, -0.2) is 50.7 Å². The largest absolute Gasteiger partial charge is 0.491 e. The van der Waals surface area contributed by atoms with Crippen LogP contribution in [0.1, 0.15) is 0 Å². The monoisotopic (exact) mass is 452 g/mol. The van der Waals surface area contributed by atoms with Gasteiger partial charge in [0, 0.05) is 37.3 Å². The Morgan fingerprint density at radius 3 is 2.58 bits per heavy atom. The van der Waals surface area contributed by atoms with E-state index in [2.05, 4.69) is 15.7 Å². The fourth-order valence-electron chi connectivity index (χ4n) is 3.65. The van der Waals surface area contributed by atoms with Crippen molar-refractivity contribution in [2.75, 3.05) is 39.9 Å². The van der Waals surface area contributed by atoms with Crippen molar-refractivity contribution in [1.82, 2.24) is 10.2 Å². The second kappa shape index (κ2) is 9.57. The van der Waals surface area contributed by atoms with E-state index in [4.69, 9.17) is 13.9 Å². The van der Waals surface area contributed by atoms with Crippen molar-refractivity contribution in [2.24, 2.45) is 10.4 Å². The fourth-order valence-corrected chi connectivity index (χ4v) is 3.65. The molecule has 0 spiro atoms. The molecule has 1 amide bonds. The van der Waals surface area contributed by atoms with Gasteiger partial charge in [0.25, 0.3) is 0 Å². The van der Waals surface area contributed by atoms with Crippen LogP contribution in [-0.2, 0) is 4.79 Å². The summed E-state index contributed by atoms with van der Waals surface area (Å²) in [6.45, 7) is 2.21. The van der Waals surface area contributed by atoms with E-state index in [1.54, 1.807) is 12.1 Å². The number of carbonyl (C=O) groups excluding carboxylic acids is 1. The number of benzene rings is 2. The van der Waals surface area contributed by atoms with E-state index in [1.807, 2.05) is 4.90 Å². The Morgan fingerprint density at radius 2 is 1.91 bits per heavy atom. The van der Waals surface area contributed by atoms with Gasteiger partial charge in [-0.15, -0.1) is 9.81 Å². The summed E-state index contributed by atoms with van der Waals surface area (Å²) in [5.41, 5.74) is 0.174. The lowest BCUT2D eigenvalue weighted by Gasteiger charge is -2.26. The van der Waals surface area contributed by atoms with Crippen LogP contribution in [0.25, 0.3) is 22.3 Å². The number of hydrogen-bond donors (Lipinski definition) is 1. The minimum Gasteiger partial charge on any atom is -0.491 e. The van der Waals surface area contributed by atoms with Crippen molar-refractivity contribution in [3.05, 3.63) is 56.4 Å². The molecule has 11 nitrogen and oxygen atoms in total. The summed E-state index contributed by atoms with van der Waals surface area (Å²) in [4.78, 5) is 48.6.